The maximum absolute atomic E-state index is 12.1. The summed E-state index contributed by atoms with van der Waals surface area (Å²) >= 11 is 0. The molecule has 3 nitrogen and oxygen atoms in total. The first-order valence-electron chi connectivity index (χ1n) is 10.0. The van der Waals surface area contributed by atoms with Crippen LogP contribution in [-0.2, 0) is 14.3 Å². The van der Waals surface area contributed by atoms with Crippen LogP contribution in [0.2, 0.25) is 0 Å². The molecule has 4 aliphatic carbocycles. The van der Waals surface area contributed by atoms with Crippen LogP contribution >= 0.6 is 0 Å². The van der Waals surface area contributed by atoms with Gasteiger partial charge in [-0.25, -0.2) is 0 Å². The van der Waals surface area contributed by atoms with Crippen LogP contribution in [0.5, 0.6) is 0 Å². The second-order valence-electron chi connectivity index (χ2n) is 9.78. The summed E-state index contributed by atoms with van der Waals surface area (Å²) in [4.78, 5) is 23.5. The number of ether oxygens (including phenoxy) is 1. The average Bonchev–Trinajstić information content (AvgIpc) is 2.81. The van der Waals surface area contributed by atoms with E-state index in [1.165, 1.54) is 39.0 Å². The van der Waals surface area contributed by atoms with Gasteiger partial charge in [0.05, 0.1) is 0 Å². The van der Waals surface area contributed by atoms with Crippen molar-refractivity contribution in [1.82, 2.24) is 0 Å². The monoisotopic (exact) mass is 332 g/mol. The normalized spacial score (nSPS) is 50.6. The van der Waals surface area contributed by atoms with E-state index >= 15 is 0 Å². The summed E-state index contributed by atoms with van der Waals surface area (Å²) < 4.78 is 5.54. The summed E-state index contributed by atoms with van der Waals surface area (Å²) in [5.41, 5.74) is 0.683. The molecule has 24 heavy (non-hydrogen) atoms. The Balaban J connectivity index is 1.54. The number of rotatable bonds is 1. The Labute approximate surface area is 145 Å². The molecule has 0 amide bonds. The third kappa shape index (κ3) is 2.45. The largest absolute Gasteiger partial charge is 0.463 e. The van der Waals surface area contributed by atoms with Crippen molar-refractivity contribution in [2.45, 2.75) is 84.7 Å². The van der Waals surface area contributed by atoms with Gasteiger partial charge >= 0.3 is 5.97 Å². The second kappa shape index (κ2) is 5.57. The van der Waals surface area contributed by atoms with Crippen molar-refractivity contribution < 1.29 is 14.3 Å². The van der Waals surface area contributed by atoms with Gasteiger partial charge < -0.3 is 4.74 Å². The molecule has 0 saturated heterocycles. The quantitative estimate of drug-likeness (QED) is 0.663. The van der Waals surface area contributed by atoms with Gasteiger partial charge in [0.1, 0.15) is 11.9 Å². The number of fused-ring (bicyclic) bond motifs is 5. The van der Waals surface area contributed by atoms with Crippen LogP contribution in [-0.4, -0.2) is 17.9 Å². The van der Waals surface area contributed by atoms with E-state index in [1.54, 1.807) is 0 Å². The maximum atomic E-state index is 12.1. The molecule has 3 heteroatoms. The van der Waals surface area contributed by atoms with Crippen molar-refractivity contribution in [3.8, 4) is 0 Å². The number of hydrogen-bond acceptors (Lipinski definition) is 3. The number of carbonyl (C=O) groups is 2. The predicted octanol–water partition coefficient (Wildman–Crippen LogP) is 4.53. The SMILES string of the molecule is CC(=O)OC1CC[C@]2(C)C(CC[C@@H]3C4CC(=O)C[C@]4(C)CCC32)C1. The van der Waals surface area contributed by atoms with Gasteiger partial charge in [0.25, 0.3) is 0 Å². The molecule has 0 bridgehead atoms. The van der Waals surface area contributed by atoms with Gasteiger partial charge in [-0.2, -0.15) is 0 Å². The Kier molecular flexibility index (Phi) is 3.85. The van der Waals surface area contributed by atoms with Crippen LogP contribution in [0.25, 0.3) is 0 Å². The van der Waals surface area contributed by atoms with Crippen LogP contribution in [0, 0.1) is 34.5 Å². The van der Waals surface area contributed by atoms with Crippen molar-refractivity contribution in [1.29, 1.82) is 0 Å². The molecule has 4 fully saturated rings. The number of esters is 1. The van der Waals surface area contributed by atoms with E-state index in [1.807, 2.05) is 0 Å². The summed E-state index contributed by atoms with van der Waals surface area (Å²) in [5, 5.41) is 0. The van der Waals surface area contributed by atoms with Crippen molar-refractivity contribution in [2.75, 3.05) is 0 Å². The Morgan fingerprint density at radius 3 is 2.62 bits per heavy atom. The second-order valence-corrected chi connectivity index (χ2v) is 9.78. The minimum atomic E-state index is -0.129. The number of hydrogen-bond donors (Lipinski definition) is 0. The first-order chi connectivity index (χ1) is 11.3. The lowest BCUT2D eigenvalue weighted by atomic mass is 9.45. The van der Waals surface area contributed by atoms with Crippen molar-refractivity contribution in [3.63, 3.8) is 0 Å². The summed E-state index contributed by atoms with van der Waals surface area (Å²) in [6, 6.07) is 0. The van der Waals surface area contributed by atoms with E-state index in [9.17, 15) is 9.59 Å². The fourth-order valence-electron chi connectivity index (χ4n) is 7.34. The molecule has 0 heterocycles. The van der Waals surface area contributed by atoms with Crippen LogP contribution < -0.4 is 0 Å². The molecule has 0 aromatic rings. The number of Topliss-reactive ketones (excluding diaryl/α,β-unsaturated/α-hetero) is 1. The first-order valence-corrected chi connectivity index (χ1v) is 10.0. The fourth-order valence-corrected chi connectivity index (χ4v) is 7.34. The highest BCUT2D eigenvalue weighted by atomic mass is 16.5. The standard InChI is InChI=1S/C21H32O3/c1-13(22)24-16-6-9-21(3)14(10-16)4-5-17-18(21)7-8-20(2)12-15(23)11-19(17)20/h14,16-19H,4-12H2,1-3H3/t14?,16?,17-,18?,19?,20-,21+/m0/s1. The topological polar surface area (TPSA) is 43.4 Å². The Hall–Kier alpha value is -0.860. The van der Waals surface area contributed by atoms with Crippen LogP contribution in [0.1, 0.15) is 78.6 Å². The van der Waals surface area contributed by atoms with Crippen LogP contribution in [0.4, 0.5) is 0 Å². The molecule has 4 rings (SSSR count). The molecule has 0 radical (unpaired) electrons. The van der Waals surface area contributed by atoms with Gasteiger partial charge in [0.15, 0.2) is 0 Å². The number of ketones is 1. The summed E-state index contributed by atoms with van der Waals surface area (Å²) in [7, 11) is 0. The van der Waals surface area contributed by atoms with E-state index < -0.39 is 0 Å². The molecule has 0 aliphatic heterocycles. The van der Waals surface area contributed by atoms with Gasteiger partial charge in [0.2, 0.25) is 0 Å². The Morgan fingerprint density at radius 2 is 1.88 bits per heavy atom. The maximum Gasteiger partial charge on any atom is 0.302 e. The lowest BCUT2D eigenvalue weighted by molar-refractivity contribution is -0.159. The Bertz CT molecular complexity index is 555. The summed E-state index contributed by atoms with van der Waals surface area (Å²) in [5.74, 6) is 3.23. The summed E-state index contributed by atoms with van der Waals surface area (Å²) in [6.45, 7) is 6.42. The molecule has 4 aliphatic rings. The minimum Gasteiger partial charge on any atom is -0.463 e. The predicted molar refractivity (Wildman–Crippen MR) is 92.3 cm³/mol. The fraction of sp³-hybridized carbons (Fsp3) is 0.905. The molecule has 0 spiro atoms. The van der Waals surface area contributed by atoms with Gasteiger partial charge in [-0.15, -0.1) is 0 Å². The highest BCUT2D eigenvalue weighted by molar-refractivity contribution is 5.82. The van der Waals surface area contributed by atoms with Crippen LogP contribution in [0.3, 0.4) is 0 Å². The molecule has 4 saturated carbocycles. The Morgan fingerprint density at radius 1 is 1.08 bits per heavy atom. The zero-order valence-electron chi connectivity index (χ0n) is 15.5. The molecular formula is C21H32O3. The third-order valence-electron chi connectivity index (χ3n) is 8.52. The highest BCUT2D eigenvalue weighted by Gasteiger charge is 2.59. The van der Waals surface area contributed by atoms with Crippen molar-refractivity contribution in [3.05, 3.63) is 0 Å². The summed E-state index contributed by atoms with van der Waals surface area (Å²) in [6.07, 6.45) is 10.2. The zero-order chi connectivity index (χ0) is 17.1. The minimum absolute atomic E-state index is 0.129. The van der Waals surface area contributed by atoms with Gasteiger partial charge in [-0.3, -0.25) is 9.59 Å². The zero-order valence-corrected chi connectivity index (χ0v) is 15.5. The molecule has 0 aromatic carbocycles. The smallest absolute Gasteiger partial charge is 0.302 e. The van der Waals surface area contributed by atoms with E-state index in [-0.39, 0.29) is 17.5 Å². The first kappa shape index (κ1) is 16.6. The van der Waals surface area contributed by atoms with E-state index in [4.69, 9.17) is 4.74 Å². The molecule has 134 valence electrons. The molecule has 7 atom stereocenters. The lowest BCUT2D eigenvalue weighted by Crippen LogP contribution is -2.53. The van der Waals surface area contributed by atoms with Gasteiger partial charge in [0, 0.05) is 19.8 Å². The molecule has 0 N–H and O–H groups in total. The molecule has 4 unspecified atom stereocenters. The van der Waals surface area contributed by atoms with Crippen LogP contribution in [0.15, 0.2) is 0 Å². The molecular weight excluding hydrogens is 300 g/mol. The van der Waals surface area contributed by atoms with Gasteiger partial charge in [-0.1, -0.05) is 13.8 Å². The third-order valence-corrected chi connectivity index (χ3v) is 8.52. The lowest BCUT2D eigenvalue weighted by Gasteiger charge is -2.60. The number of carbonyl (C=O) groups excluding carboxylic acids is 2. The van der Waals surface area contributed by atoms with Gasteiger partial charge in [-0.05, 0) is 79.4 Å². The highest BCUT2D eigenvalue weighted by Crippen LogP contribution is 2.65. The van der Waals surface area contributed by atoms with E-state index in [0.29, 0.717) is 23.0 Å². The van der Waals surface area contributed by atoms with Crippen molar-refractivity contribution in [2.24, 2.45) is 34.5 Å². The molecule has 0 aromatic heterocycles. The van der Waals surface area contributed by atoms with E-state index in [0.717, 1.165) is 37.5 Å². The average molecular weight is 332 g/mol. The van der Waals surface area contributed by atoms with Crippen molar-refractivity contribution >= 4 is 11.8 Å². The van der Waals surface area contributed by atoms with E-state index in [2.05, 4.69) is 13.8 Å².